The molecule has 0 fully saturated rings. The van der Waals surface area contributed by atoms with Gasteiger partial charge in [0.25, 0.3) is 0 Å². The Bertz CT molecular complexity index is 475. The second kappa shape index (κ2) is 3.18. The lowest BCUT2D eigenvalue weighted by atomic mass is 10.1. The van der Waals surface area contributed by atoms with Crippen LogP contribution in [0.15, 0.2) is 24.3 Å². The van der Waals surface area contributed by atoms with Gasteiger partial charge in [0, 0.05) is 16.8 Å². The molecule has 14 heavy (non-hydrogen) atoms. The predicted octanol–water partition coefficient (Wildman–Crippen LogP) is 2.13. The topological polar surface area (TPSA) is 48.1 Å². The number of nitrogens with two attached hydrogens (primary N) is 1. The van der Waals surface area contributed by atoms with E-state index < -0.39 is 0 Å². The Kier molecular flexibility index (Phi) is 2.00. The minimum atomic E-state index is 0.653. The van der Waals surface area contributed by atoms with Crippen LogP contribution in [0.5, 0.6) is 5.88 Å². The molecule has 72 valence electrons. The highest BCUT2D eigenvalue weighted by Crippen LogP contribution is 2.25. The Morgan fingerprint density at radius 3 is 2.79 bits per heavy atom. The molecule has 2 rings (SSSR count). The first-order valence-electron chi connectivity index (χ1n) is 4.41. The Labute approximate surface area is 82.5 Å². The number of pyridine rings is 1. The van der Waals surface area contributed by atoms with E-state index in [1.165, 1.54) is 0 Å². The van der Waals surface area contributed by atoms with Gasteiger partial charge in [0.2, 0.25) is 5.88 Å². The SMILES string of the molecule is COc1nc(C)cc2cc(N)ccc12. The van der Waals surface area contributed by atoms with Crippen molar-refractivity contribution in [1.82, 2.24) is 4.98 Å². The van der Waals surface area contributed by atoms with Crippen LogP contribution in [-0.4, -0.2) is 12.1 Å². The fourth-order valence-electron chi connectivity index (χ4n) is 1.53. The van der Waals surface area contributed by atoms with Gasteiger partial charge in [-0.15, -0.1) is 0 Å². The van der Waals surface area contributed by atoms with Gasteiger partial charge in [-0.05, 0) is 36.6 Å². The number of anilines is 1. The number of hydrogen-bond acceptors (Lipinski definition) is 3. The first-order valence-corrected chi connectivity index (χ1v) is 4.41. The highest BCUT2D eigenvalue weighted by molar-refractivity contribution is 5.89. The van der Waals surface area contributed by atoms with E-state index in [1.54, 1.807) is 7.11 Å². The first kappa shape index (κ1) is 8.81. The van der Waals surface area contributed by atoms with Crippen molar-refractivity contribution in [2.45, 2.75) is 6.92 Å². The summed E-state index contributed by atoms with van der Waals surface area (Å²) in [6, 6.07) is 7.69. The second-order valence-electron chi connectivity index (χ2n) is 3.25. The predicted molar refractivity (Wildman–Crippen MR) is 57.4 cm³/mol. The van der Waals surface area contributed by atoms with E-state index in [0.29, 0.717) is 5.88 Å². The lowest BCUT2D eigenvalue weighted by molar-refractivity contribution is 0.402. The average Bonchev–Trinajstić information content (AvgIpc) is 2.15. The lowest BCUT2D eigenvalue weighted by Crippen LogP contribution is -1.92. The molecule has 0 aliphatic rings. The quantitative estimate of drug-likeness (QED) is 0.697. The maximum absolute atomic E-state index is 5.70. The van der Waals surface area contributed by atoms with Gasteiger partial charge in [-0.2, -0.15) is 0 Å². The summed E-state index contributed by atoms with van der Waals surface area (Å²) in [5.41, 5.74) is 7.39. The summed E-state index contributed by atoms with van der Waals surface area (Å²) in [4.78, 5) is 4.29. The zero-order valence-electron chi connectivity index (χ0n) is 8.24. The van der Waals surface area contributed by atoms with Gasteiger partial charge >= 0.3 is 0 Å². The number of ether oxygens (including phenoxy) is 1. The Morgan fingerprint density at radius 1 is 1.29 bits per heavy atom. The van der Waals surface area contributed by atoms with E-state index in [4.69, 9.17) is 10.5 Å². The van der Waals surface area contributed by atoms with Gasteiger partial charge in [0.15, 0.2) is 0 Å². The van der Waals surface area contributed by atoms with Gasteiger partial charge in [0.1, 0.15) is 0 Å². The fraction of sp³-hybridized carbons (Fsp3) is 0.182. The number of aromatic nitrogens is 1. The number of methoxy groups -OCH3 is 1. The second-order valence-corrected chi connectivity index (χ2v) is 3.25. The molecule has 0 atom stereocenters. The smallest absolute Gasteiger partial charge is 0.221 e. The monoisotopic (exact) mass is 188 g/mol. The van der Waals surface area contributed by atoms with Crippen molar-refractivity contribution in [2.24, 2.45) is 0 Å². The zero-order chi connectivity index (χ0) is 10.1. The number of aryl methyl sites for hydroxylation is 1. The Balaban J connectivity index is 2.81. The number of hydrogen-bond donors (Lipinski definition) is 1. The maximum atomic E-state index is 5.70. The molecule has 2 N–H and O–H groups in total. The van der Waals surface area contributed by atoms with E-state index in [-0.39, 0.29) is 0 Å². The van der Waals surface area contributed by atoms with E-state index >= 15 is 0 Å². The molecular formula is C11H12N2O. The van der Waals surface area contributed by atoms with Crippen molar-refractivity contribution in [1.29, 1.82) is 0 Å². The maximum Gasteiger partial charge on any atom is 0.221 e. The summed E-state index contributed by atoms with van der Waals surface area (Å²) >= 11 is 0. The Morgan fingerprint density at radius 2 is 2.07 bits per heavy atom. The van der Waals surface area contributed by atoms with Crippen LogP contribution in [0.4, 0.5) is 5.69 Å². The highest BCUT2D eigenvalue weighted by Gasteiger charge is 2.03. The molecule has 0 saturated carbocycles. The van der Waals surface area contributed by atoms with Crippen molar-refractivity contribution in [3.8, 4) is 5.88 Å². The molecule has 0 aliphatic heterocycles. The van der Waals surface area contributed by atoms with E-state index in [2.05, 4.69) is 4.98 Å². The third kappa shape index (κ3) is 1.37. The molecule has 2 aromatic rings. The van der Waals surface area contributed by atoms with Crippen LogP contribution >= 0.6 is 0 Å². The van der Waals surface area contributed by atoms with Gasteiger partial charge in [-0.1, -0.05) is 0 Å². The van der Waals surface area contributed by atoms with Crippen LogP contribution in [-0.2, 0) is 0 Å². The number of benzene rings is 1. The van der Waals surface area contributed by atoms with Crippen LogP contribution in [0.2, 0.25) is 0 Å². The van der Waals surface area contributed by atoms with Crippen molar-refractivity contribution < 1.29 is 4.74 Å². The molecule has 0 saturated heterocycles. The standard InChI is InChI=1S/C11H12N2O/c1-7-5-8-6-9(12)3-4-10(8)11(13-7)14-2/h3-6H,12H2,1-2H3. The molecule has 1 heterocycles. The highest BCUT2D eigenvalue weighted by atomic mass is 16.5. The number of nitrogen functional groups attached to an aromatic ring is 1. The molecule has 0 amide bonds. The van der Waals surface area contributed by atoms with Crippen molar-refractivity contribution in [3.63, 3.8) is 0 Å². The number of rotatable bonds is 1. The summed E-state index contributed by atoms with van der Waals surface area (Å²) in [5.74, 6) is 0.653. The molecule has 0 spiro atoms. The fourth-order valence-corrected chi connectivity index (χ4v) is 1.53. The summed E-state index contributed by atoms with van der Waals surface area (Å²) in [6.07, 6.45) is 0. The van der Waals surface area contributed by atoms with E-state index in [0.717, 1.165) is 22.2 Å². The van der Waals surface area contributed by atoms with Crippen molar-refractivity contribution in [2.75, 3.05) is 12.8 Å². The third-order valence-electron chi connectivity index (χ3n) is 2.14. The molecule has 0 unspecified atom stereocenters. The molecule has 0 aliphatic carbocycles. The zero-order valence-corrected chi connectivity index (χ0v) is 8.24. The minimum Gasteiger partial charge on any atom is -0.481 e. The summed E-state index contributed by atoms with van der Waals surface area (Å²) in [6.45, 7) is 1.94. The lowest BCUT2D eigenvalue weighted by Gasteiger charge is -2.06. The first-order chi connectivity index (χ1) is 6.70. The van der Waals surface area contributed by atoms with Crippen LogP contribution < -0.4 is 10.5 Å². The molecule has 0 radical (unpaired) electrons. The number of nitrogens with zero attached hydrogens (tertiary/aromatic N) is 1. The van der Waals surface area contributed by atoms with Crippen LogP contribution in [0.3, 0.4) is 0 Å². The molecular weight excluding hydrogens is 176 g/mol. The van der Waals surface area contributed by atoms with Gasteiger partial charge < -0.3 is 10.5 Å². The molecule has 0 bridgehead atoms. The average molecular weight is 188 g/mol. The normalized spacial score (nSPS) is 10.4. The van der Waals surface area contributed by atoms with Crippen LogP contribution in [0.1, 0.15) is 5.69 Å². The largest absolute Gasteiger partial charge is 0.481 e. The summed E-state index contributed by atoms with van der Waals surface area (Å²) in [5, 5.41) is 2.06. The summed E-state index contributed by atoms with van der Waals surface area (Å²) < 4.78 is 5.20. The molecule has 3 nitrogen and oxygen atoms in total. The number of fused-ring (bicyclic) bond motifs is 1. The van der Waals surface area contributed by atoms with Gasteiger partial charge in [-0.3, -0.25) is 0 Å². The molecule has 1 aromatic heterocycles. The van der Waals surface area contributed by atoms with E-state index in [9.17, 15) is 0 Å². The minimum absolute atomic E-state index is 0.653. The Hall–Kier alpha value is -1.77. The molecule has 3 heteroatoms. The van der Waals surface area contributed by atoms with Crippen molar-refractivity contribution in [3.05, 3.63) is 30.0 Å². The van der Waals surface area contributed by atoms with Gasteiger partial charge in [0.05, 0.1) is 7.11 Å². The van der Waals surface area contributed by atoms with Crippen LogP contribution in [0, 0.1) is 6.92 Å². The summed E-state index contributed by atoms with van der Waals surface area (Å²) in [7, 11) is 1.62. The molecule has 1 aromatic carbocycles. The van der Waals surface area contributed by atoms with E-state index in [1.807, 2.05) is 31.2 Å². The van der Waals surface area contributed by atoms with Crippen molar-refractivity contribution >= 4 is 16.5 Å². The third-order valence-corrected chi connectivity index (χ3v) is 2.14. The van der Waals surface area contributed by atoms with Gasteiger partial charge in [-0.25, -0.2) is 4.98 Å². The van der Waals surface area contributed by atoms with Crippen LogP contribution in [0.25, 0.3) is 10.8 Å².